The van der Waals surface area contributed by atoms with E-state index < -0.39 is 59.8 Å². The third-order valence-electron chi connectivity index (χ3n) is 6.23. The number of alkyl halides is 5. The normalized spacial score (nSPS) is 20.3. The van der Waals surface area contributed by atoms with Gasteiger partial charge in [0.25, 0.3) is 11.8 Å². The number of aromatic nitrogens is 2. The first-order valence-corrected chi connectivity index (χ1v) is 12.3. The fourth-order valence-corrected chi connectivity index (χ4v) is 5.22. The Kier molecular flexibility index (Phi) is 6.97. The molecule has 0 spiro atoms. The lowest BCUT2D eigenvalue weighted by Gasteiger charge is -2.21. The summed E-state index contributed by atoms with van der Waals surface area (Å²) in [5.41, 5.74) is -2.08. The minimum Gasteiger partial charge on any atom is -0.461 e. The van der Waals surface area contributed by atoms with Gasteiger partial charge in [-0.05, 0) is 45.6 Å². The molecule has 2 fully saturated rings. The summed E-state index contributed by atoms with van der Waals surface area (Å²) in [6.45, 7) is 3.89. The fourth-order valence-electron chi connectivity index (χ4n) is 4.24. The topological polar surface area (TPSA) is 84.4 Å². The highest BCUT2D eigenvalue weighted by molar-refractivity contribution is 7.17. The van der Waals surface area contributed by atoms with Gasteiger partial charge < -0.3 is 15.0 Å². The van der Waals surface area contributed by atoms with Crippen molar-refractivity contribution in [2.45, 2.75) is 64.2 Å². The molecule has 1 aliphatic heterocycles. The van der Waals surface area contributed by atoms with Crippen molar-refractivity contribution in [1.82, 2.24) is 14.9 Å². The predicted molar refractivity (Wildman–Crippen MR) is 122 cm³/mol. The van der Waals surface area contributed by atoms with Gasteiger partial charge in [0.2, 0.25) is 5.01 Å². The van der Waals surface area contributed by atoms with Crippen molar-refractivity contribution in [3.8, 4) is 10.4 Å². The lowest BCUT2D eigenvalue weighted by molar-refractivity contribution is -0.137. The van der Waals surface area contributed by atoms with E-state index in [4.69, 9.17) is 4.74 Å². The summed E-state index contributed by atoms with van der Waals surface area (Å²) in [5.74, 6) is -4.68. The van der Waals surface area contributed by atoms with Crippen LogP contribution in [0.1, 0.15) is 65.9 Å². The molecule has 196 valence electrons. The molecule has 2 aliphatic rings. The molecule has 0 aromatic carbocycles. The number of hydrogen-bond donors (Lipinski definition) is 1. The minimum atomic E-state index is -4.83. The van der Waals surface area contributed by atoms with E-state index in [1.54, 1.807) is 0 Å². The molecule has 1 saturated heterocycles. The summed E-state index contributed by atoms with van der Waals surface area (Å²) >= 11 is 0.533. The molecule has 2 aromatic heterocycles. The van der Waals surface area contributed by atoms with Gasteiger partial charge in [0, 0.05) is 30.3 Å². The zero-order valence-corrected chi connectivity index (χ0v) is 20.6. The van der Waals surface area contributed by atoms with E-state index in [-0.39, 0.29) is 28.4 Å². The first kappa shape index (κ1) is 26.2. The summed E-state index contributed by atoms with van der Waals surface area (Å²) in [6.07, 6.45) is -2.49. The van der Waals surface area contributed by atoms with Gasteiger partial charge in [0.05, 0.1) is 23.6 Å². The Balaban J connectivity index is 1.80. The third kappa shape index (κ3) is 5.45. The monoisotopic (exact) mass is 532 g/mol. The number of carbonyl (C=O) groups is 2. The Morgan fingerprint density at radius 1 is 1.33 bits per heavy atom. The van der Waals surface area contributed by atoms with Crippen molar-refractivity contribution in [2.24, 2.45) is 5.92 Å². The number of nitrogens with one attached hydrogen (secondary N) is 1. The van der Waals surface area contributed by atoms with Crippen LogP contribution in [0.25, 0.3) is 10.4 Å². The van der Waals surface area contributed by atoms with Crippen molar-refractivity contribution in [3.63, 3.8) is 0 Å². The number of thiazole rings is 1. The highest BCUT2D eigenvalue weighted by Gasteiger charge is 2.46. The Morgan fingerprint density at radius 2 is 2.03 bits per heavy atom. The van der Waals surface area contributed by atoms with Gasteiger partial charge in [-0.1, -0.05) is 0 Å². The van der Waals surface area contributed by atoms with Crippen LogP contribution < -0.4 is 5.32 Å². The van der Waals surface area contributed by atoms with E-state index >= 15 is 0 Å². The van der Waals surface area contributed by atoms with Crippen LogP contribution in [-0.2, 0) is 10.9 Å². The average Bonchev–Trinajstić information content (AvgIpc) is 3.48. The van der Waals surface area contributed by atoms with Crippen LogP contribution in [0.4, 0.5) is 27.8 Å². The molecule has 1 aliphatic carbocycles. The molecule has 1 amide bonds. The Hall–Kier alpha value is -2.83. The molecular weight excluding hydrogens is 507 g/mol. The molecule has 3 heterocycles. The molecule has 2 aromatic rings. The second-order valence-electron chi connectivity index (χ2n) is 9.14. The van der Waals surface area contributed by atoms with Gasteiger partial charge in [-0.3, -0.25) is 4.79 Å². The number of amides is 1. The Morgan fingerprint density at radius 3 is 2.58 bits per heavy atom. The van der Waals surface area contributed by atoms with E-state index in [1.807, 2.05) is 6.92 Å². The highest BCUT2D eigenvalue weighted by Crippen LogP contribution is 2.43. The van der Waals surface area contributed by atoms with Crippen molar-refractivity contribution in [1.29, 1.82) is 0 Å². The van der Waals surface area contributed by atoms with Gasteiger partial charge in [0.1, 0.15) is 11.5 Å². The van der Waals surface area contributed by atoms with Crippen LogP contribution in [0.15, 0.2) is 12.3 Å². The number of ether oxygens (including phenoxy) is 1. The van der Waals surface area contributed by atoms with E-state index in [0.29, 0.717) is 17.3 Å². The number of likely N-dealkylation sites (tertiary alicyclic amines) is 1. The second kappa shape index (κ2) is 9.56. The van der Waals surface area contributed by atoms with Crippen molar-refractivity contribution < 1.29 is 36.3 Å². The first-order valence-electron chi connectivity index (χ1n) is 11.5. The summed E-state index contributed by atoms with van der Waals surface area (Å²) in [5, 5.41) is 2.62. The smallest absolute Gasteiger partial charge is 0.417 e. The molecule has 1 N–H and O–H groups in total. The molecule has 13 heteroatoms. The van der Waals surface area contributed by atoms with E-state index in [1.165, 1.54) is 13.8 Å². The molecule has 2 atom stereocenters. The second-order valence-corrected chi connectivity index (χ2v) is 10.1. The molecule has 1 saturated carbocycles. The zero-order valence-electron chi connectivity index (χ0n) is 19.8. The van der Waals surface area contributed by atoms with Crippen LogP contribution in [-0.4, -0.2) is 57.9 Å². The number of pyridine rings is 1. The lowest BCUT2D eigenvalue weighted by atomic mass is 10.1. The average molecular weight is 533 g/mol. The maximum absolute atomic E-state index is 14.1. The van der Waals surface area contributed by atoms with Gasteiger partial charge in [0.15, 0.2) is 0 Å². The molecule has 7 nitrogen and oxygen atoms in total. The molecule has 4 rings (SSSR count). The quantitative estimate of drug-likeness (QED) is 0.376. The molecule has 0 bridgehead atoms. The SMILES string of the molecule is CCOC(=O)c1nc(C(=O)N2CC(F)(F)CC2C)c(-c2cnc(N[C@@H](C)C3CC3)cc2C(F)(F)F)s1. The number of halogens is 5. The van der Waals surface area contributed by atoms with Crippen molar-refractivity contribution in [3.05, 3.63) is 28.5 Å². The Bertz CT molecular complexity index is 1170. The summed E-state index contributed by atoms with van der Waals surface area (Å²) in [4.78, 5) is 34.2. The number of carbonyl (C=O) groups excluding carboxylic acids is 2. The van der Waals surface area contributed by atoms with Crippen LogP contribution in [0.5, 0.6) is 0 Å². The molecule has 1 unspecified atom stereocenters. The molecular formula is C23H25F5N4O3S. The number of esters is 1. The molecule has 0 radical (unpaired) electrons. The maximum atomic E-state index is 14.1. The first-order chi connectivity index (χ1) is 16.8. The highest BCUT2D eigenvalue weighted by atomic mass is 32.1. The fraction of sp³-hybridized carbons (Fsp3) is 0.565. The summed E-state index contributed by atoms with van der Waals surface area (Å²) in [6, 6.07) is -0.0960. The van der Waals surface area contributed by atoms with Gasteiger partial charge in [-0.2, -0.15) is 13.2 Å². The van der Waals surface area contributed by atoms with Crippen LogP contribution in [0.2, 0.25) is 0 Å². The minimum absolute atomic E-state index is 0.0151. The lowest BCUT2D eigenvalue weighted by Crippen LogP contribution is -2.35. The largest absolute Gasteiger partial charge is 0.461 e. The molecule has 36 heavy (non-hydrogen) atoms. The number of nitrogens with zero attached hydrogens (tertiary/aromatic N) is 3. The van der Waals surface area contributed by atoms with Crippen molar-refractivity contribution in [2.75, 3.05) is 18.5 Å². The predicted octanol–water partition coefficient (Wildman–Crippen LogP) is 5.48. The summed E-state index contributed by atoms with van der Waals surface area (Å²) < 4.78 is 75.3. The third-order valence-corrected chi connectivity index (χ3v) is 7.30. The van der Waals surface area contributed by atoms with Gasteiger partial charge in [-0.15, -0.1) is 11.3 Å². The van der Waals surface area contributed by atoms with E-state index in [9.17, 15) is 31.5 Å². The Labute approximate surface area is 208 Å². The van der Waals surface area contributed by atoms with Crippen LogP contribution in [0, 0.1) is 5.92 Å². The van der Waals surface area contributed by atoms with Crippen molar-refractivity contribution >= 4 is 29.0 Å². The zero-order chi connectivity index (χ0) is 26.4. The van der Waals surface area contributed by atoms with Crippen LogP contribution >= 0.6 is 11.3 Å². The maximum Gasteiger partial charge on any atom is 0.417 e. The van der Waals surface area contributed by atoms with E-state index in [2.05, 4.69) is 15.3 Å². The summed E-state index contributed by atoms with van der Waals surface area (Å²) in [7, 11) is 0. The van der Waals surface area contributed by atoms with E-state index in [0.717, 1.165) is 30.0 Å². The number of rotatable bonds is 7. The standard InChI is InChI=1S/C23H25F5N4O3S/c1-4-35-21(34)19-31-17(20(33)32-10-22(24,25)8-11(32)2)18(36-19)14-9-29-16(7-15(14)23(26,27)28)30-12(3)13-5-6-13/h7,9,11-13H,4-6,8,10H2,1-3H3,(H,29,30)/t11?,12-/m0/s1. The van der Waals surface area contributed by atoms with Gasteiger partial charge in [-0.25, -0.2) is 23.5 Å². The number of anilines is 1. The van der Waals surface area contributed by atoms with Gasteiger partial charge >= 0.3 is 12.1 Å². The number of hydrogen-bond acceptors (Lipinski definition) is 7. The van der Waals surface area contributed by atoms with Crippen LogP contribution in [0.3, 0.4) is 0 Å².